The number of hydrogen-bond donors (Lipinski definition) is 2. The Balaban J connectivity index is 1.32. The molecule has 1 saturated carbocycles. The summed E-state index contributed by atoms with van der Waals surface area (Å²) in [5.41, 5.74) is 2.17. The highest BCUT2D eigenvalue weighted by Gasteiger charge is 2.15. The molecule has 0 saturated heterocycles. The van der Waals surface area contributed by atoms with Gasteiger partial charge < -0.3 is 15.4 Å². The molecule has 160 valence electrons. The van der Waals surface area contributed by atoms with Gasteiger partial charge in [0.1, 0.15) is 5.75 Å². The molecule has 0 aliphatic heterocycles. The van der Waals surface area contributed by atoms with Gasteiger partial charge in [0.05, 0.1) is 6.61 Å². The highest BCUT2D eigenvalue weighted by molar-refractivity contribution is 7.80. The van der Waals surface area contributed by atoms with Crippen LogP contribution in [0.15, 0.2) is 54.6 Å². The minimum absolute atomic E-state index is 0.00329. The summed E-state index contributed by atoms with van der Waals surface area (Å²) in [6.45, 7) is 0.678. The Kier molecular flexibility index (Phi) is 9.16. The third kappa shape index (κ3) is 8.15. The first-order chi connectivity index (χ1) is 14.7. The maximum atomic E-state index is 12.1. The van der Waals surface area contributed by atoms with Gasteiger partial charge in [-0.2, -0.15) is 0 Å². The quantitative estimate of drug-likeness (QED) is 0.390. The number of carbonyl (C=O) groups is 1. The number of benzene rings is 2. The SMILES string of the molecule is O=C(CCC1CCCCC1)NC(=S)Nc1ccc(OCCCc2ccccc2)cc1. The Morgan fingerprint density at radius 1 is 1.00 bits per heavy atom. The van der Waals surface area contributed by atoms with Crippen molar-refractivity contribution >= 4 is 28.9 Å². The van der Waals surface area contributed by atoms with Gasteiger partial charge in [-0.3, -0.25) is 4.79 Å². The maximum Gasteiger partial charge on any atom is 0.226 e. The van der Waals surface area contributed by atoms with Gasteiger partial charge in [-0.05, 0) is 67.2 Å². The number of anilines is 1. The fourth-order valence-corrected chi connectivity index (χ4v) is 4.14. The summed E-state index contributed by atoms with van der Waals surface area (Å²) in [7, 11) is 0. The van der Waals surface area contributed by atoms with Crippen molar-refractivity contribution in [2.24, 2.45) is 5.92 Å². The normalized spacial score (nSPS) is 14.1. The number of ether oxygens (including phenoxy) is 1. The van der Waals surface area contributed by atoms with Crippen molar-refractivity contribution in [1.82, 2.24) is 5.32 Å². The fourth-order valence-electron chi connectivity index (χ4n) is 3.91. The smallest absolute Gasteiger partial charge is 0.226 e. The summed E-state index contributed by atoms with van der Waals surface area (Å²) in [4.78, 5) is 12.1. The first-order valence-corrected chi connectivity index (χ1v) is 11.5. The lowest BCUT2D eigenvalue weighted by atomic mass is 9.86. The van der Waals surface area contributed by atoms with Crippen molar-refractivity contribution in [1.29, 1.82) is 0 Å². The number of aryl methyl sites for hydroxylation is 1. The van der Waals surface area contributed by atoms with Crippen LogP contribution >= 0.6 is 12.2 Å². The van der Waals surface area contributed by atoms with Crippen LogP contribution in [-0.2, 0) is 11.2 Å². The van der Waals surface area contributed by atoms with E-state index in [2.05, 4.69) is 34.9 Å². The van der Waals surface area contributed by atoms with Crippen LogP contribution in [0.1, 0.15) is 56.9 Å². The van der Waals surface area contributed by atoms with E-state index in [1.807, 2.05) is 30.3 Å². The van der Waals surface area contributed by atoms with Gasteiger partial charge in [-0.15, -0.1) is 0 Å². The zero-order valence-electron chi connectivity index (χ0n) is 17.6. The van der Waals surface area contributed by atoms with E-state index in [-0.39, 0.29) is 5.91 Å². The Bertz CT molecular complexity index is 787. The molecule has 0 radical (unpaired) electrons. The molecule has 5 heteroatoms. The van der Waals surface area contributed by atoms with Crippen LogP contribution in [0.25, 0.3) is 0 Å². The number of nitrogens with one attached hydrogen (secondary N) is 2. The van der Waals surface area contributed by atoms with E-state index in [1.54, 1.807) is 0 Å². The maximum absolute atomic E-state index is 12.1. The third-order valence-corrected chi connectivity index (χ3v) is 5.79. The van der Waals surface area contributed by atoms with E-state index in [4.69, 9.17) is 17.0 Å². The number of rotatable bonds is 9. The average molecular weight is 425 g/mol. The Labute approximate surface area is 185 Å². The van der Waals surface area contributed by atoms with Crippen molar-refractivity contribution in [3.8, 4) is 5.75 Å². The first kappa shape index (κ1) is 22.3. The molecule has 4 nitrogen and oxygen atoms in total. The summed E-state index contributed by atoms with van der Waals surface area (Å²) >= 11 is 5.27. The van der Waals surface area contributed by atoms with Gasteiger partial charge in [0.25, 0.3) is 0 Å². The van der Waals surface area contributed by atoms with Crippen LogP contribution in [0.4, 0.5) is 5.69 Å². The van der Waals surface area contributed by atoms with Crippen molar-refractivity contribution in [3.63, 3.8) is 0 Å². The zero-order chi connectivity index (χ0) is 21.0. The zero-order valence-corrected chi connectivity index (χ0v) is 18.4. The minimum Gasteiger partial charge on any atom is -0.494 e. The second kappa shape index (κ2) is 12.3. The van der Waals surface area contributed by atoms with E-state index in [1.165, 1.54) is 37.7 Å². The monoisotopic (exact) mass is 424 g/mol. The fraction of sp³-hybridized carbons (Fsp3) is 0.440. The van der Waals surface area contributed by atoms with Crippen molar-refractivity contribution in [2.75, 3.05) is 11.9 Å². The molecule has 0 aromatic heterocycles. The second-order valence-electron chi connectivity index (χ2n) is 8.01. The minimum atomic E-state index is -0.00329. The molecule has 0 spiro atoms. The number of carbonyl (C=O) groups excluding carboxylic acids is 1. The number of hydrogen-bond acceptors (Lipinski definition) is 3. The lowest BCUT2D eigenvalue weighted by Gasteiger charge is -2.21. The molecule has 0 bridgehead atoms. The Morgan fingerprint density at radius 2 is 1.73 bits per heavy atom. The molecule has 0 heterocycles. The summed E-state index contributed by atoms with van der Waals surface area (Å²) < 4.78 is 5.81. The van der Waals surface area contributed by atoms with Crippen LogP contribution in [0, 0.1) is 5.92 Å². The van der Waals surface area contributed by atoms with Crippen molar-refractivity contribution < 1.29 is 9.53 Å². The highest BCUT2D eigenvalue weighted by atomic mass is 32.1. The molecular formula is C25H32N2O2S. The molecule has 30 heavy (non-hydrogen) atoms. The molecule has 1 fully saturated rings. The molecule has 3 rings (SSSR count). The van der Waals surface area contributed by atoms with E-state index in [0.717, 1.165) is 30.7 Å². The second-order valence-corrected chi connectivity index (χ2v) is 8.42. The topological polar surface area (TPSA) is 50.4 Å². The van der Waals surface area contributed by atoms with E-state index >= 15 is 0 Å². The lowest BCUT2D eigenvalue weighted by Crippen LogP contribution is -2.34. The van der Waals surface area contributed by atoms with Gasteiger partial charge >= 0.3 is 0 Å². The molecule has 2 N–H and O–H groups in total. The average Bonchev–Trinajstić information content (AvgIpc) is 2.78. The predicted octanol–water partition coefficient (Wildman–Crippen LogP) is 5.87. The van der Waals surface area contributed by atoms with Crippen LogP contribution in [0.3, 0.4) is 0 Å². The lowest BCUT2D eigenvalue weighted by molar-refractivity contribution is -0.120. The van der Waals surface area contributed by atoms with Crippen LogP contribution in [0.2, 0.25) is 0 Å². The first-order valence-electron chi connectivity index (χ1n) is 11.1. The van der Waals surface area contributed by atoms with Gasteiger partial charge in [0, 0.05) is 12.1 Å². The number of thiocarbonyl (C=S) groups is 1. The molecule has 2 aromatic rings. The van der Waals surface area contributed by atoms with Gasteiger partial charge in [-0.1, -0.05) is 62.4 Å². The molecule has 1 aliphatic carbocycles. The van der Waals surface area contributed by atoms with E-state index in [0.29, 0.717) is 24.1 Å². The van der Waals surface area contributed by atoms with Crippen molar-refractivity contribution in [3.05, 3.63) is 60.2 Å². The molecule has 2 aromatic carbocycles. The summed E-state index contributed by atoms with van der Waals surface area (Å²) in [6.07, 6.45) is 9.96. The van der Waals surface area contributed by atoms with Gasteiger partial charge in [0.2, 0.25) is 5.91 Å². The molecule has 1 aliphatic rings. The molecule has 0 atom stereocenters. The number of amides is 1. The van der Waals surface area contributed by atoms with E-state index in [9.17, 15) is 4.79 Å². The largest absolute Gasteiger partial charge is 0.494 e. The third-order valence-electron chi connectivity index (χ3n) is 5.59. The summed E-state index contributed by atoms with van der Waals surface area (Å²) in [5, 5.41) is 6.21. The molecule has 0 unspecified atom stereocenters. The van der Waals surface area contributed by atoms with E-state index < -0.39 is 0 Å². The van der Waals surface area contributed by atoms with Gasteiger partial charge in [0.15, 0.2) is 5.11 Å². The van der Waals surface area contributed by atoms with Crippen LogP contribution in [-0.4, -0.2) is 17.6 Å². The standard InChI is InChI=1S/C25H32N2O2S/c28-24(18-13-21-10-5-2-6-11-21)27-25(30)26-22-14-16-23(17-15-22)29-19-7-12-20-8-3-1-4-9-20/h1,3-4,8-9,14-17,21H,2,5-7,10-13,18-19H2,(H2,26,27,28,30). The Hall–Kier alpha value is -2.40. The molecule has 1 amide bonds. The Morgan fingerprint density at radius 3 is 2.47 bits per heavy atom. The predicted molar refractivity (Wildman–Crippen MR) is 127 cm³/mol. The van der Waals surface area contributed by atoms with Crippen molar-refractivity contribution in [2.45, 2.75) is 57.8 Å². The summed E-state index contributed by atoms with van der Waals surface area (Å²) in [5.74, 6) is 1.53. The van der Waals surface area contributed by atoms with Crippen LogP contribution < -0.4 is 15.4 Å². The molecular weight excluding hydrogens is 392 g/mol. The van der Waals surface area contributed by atoms with Crippen LogP contribution in [0.5, 0.6) is 5.75 Å². The summed E-state index contributed by atoms with van der Waals surface area (Å²) in [6, 6.07) is 18.1. The van der Waals surface area contributed by atoms with Gasteiger partial charge in [-0.25, -0.2) is 0 Å². The highest BCUT2D eigenvalue weighted by Crippen LogP contribution is 2.27.